The molecule has 1 amide bonds. The van der Waals surface area contributed by atoms with Crippen LogP contribution in [0.15, 0.2) is 36.5 Å². The molecule has 1 saturated carbocycles. The highest BCUT2D eigenvalue weighted by atomic mass is 16.5. The van der Waals surface area contributed by atoms with E-state index in [0.29, 0.717) is 35.4 Å². The van der Waals surface area contributed by atoms with Crippen molar-refractivity contribution in [3.8, 4) is 23.1 Å². The predicted molar refractivity (Wildman–Crippen MR) is 106 cm³/mol. The molecule has 2 N–H and O–H groups in total. The van der Waals surface area contributed by atoms with Crippen molar-refractivity contribution in [1.82, 2.24) is 10.3 Å². The molecule has 0 bridgehead atoms. The number of nitriles is 1. The summed E-state index contributed by atoms with van der Waals surface area (Å²) in [6, 6.07) is 10.6. The Morgan fingerprint density at radius 2 is 1.93 bits per heavy atom. The molecule has 1 fully saturated rings. The van der Waals surface area contributed by atoms with E-state index < -0.39 is 17.4 Å². The number of nitrogens with one attached hydrogen (secondary N) is 1. The number of hydrogen-bond donors (Lipinski definition) is 2. The van der Waals surface area contributed by atoms with Gasteiger partial charge in [-0.25, -0.2) is 9.78 Å². The van der Waals surface area contributed by atoms with Gasteiger partial charge in [0.1, 0.15) is 5.54 Å². The number of benzene rings is 1. The highest BCUT2D eigenvalue weighted by Crippen LogP contribution is 2.31. The second kappa shape index (κ2) is 8.74. The third-order valence-electron chi connectivity index (χ3n) is 5.33. The van der Waals surface area contributed by atoms with E-state index in [9.17, 15) is 14.7 Å². The number of carboxylic acid groups (broad SMARTS) is 1. The minimum atomic E-state index is -1.26. The van der Waals surface area contributed by atoms with Gasteiger partial charge < -0.3 is 15.2 Å². The molecule has 1 aliphatic rings. The molecule has 0 spiro atoms. The van der Waals surface area contributed by atoms with E-state index in [1.165, 1.54) is 13.3 Å². The number of carboxylic acids is 1. The molecule has 7 heteroatoms. The van der Waals surface area contributed by atoms with Gasteiger partial charge in [0.2, 0.25) is 5.88 Å². The Morgan fingerprint density at radius 3 is 2.55 bits per heavy atom. The highest BCUT2D eigenvalue weighted by molar-refractivity contribution is 5.98. The van der Waals surface area contributed by atoms with Crippen molar-refractivity contribution in [1.29, 1.82) is 5.26 Å². The van der Waals surface area contributed by atoms with Crippen molar-refractivity contribution in [3.05, 3.63) is 47.7 Å². The average molecular weight is 393 g/mol. The summed E-state index contributed by atoms with van der Waals surface area (Å²) in [5, 5.41) is 21.7. The van der Waals surface area contributed by atoms with E-state index in [4.69, 9.17) is 10.00 Å². The van der Waals surface area contributed by atoms with Gasteiger partial charge in [-0.15, -0.1) is 0 Å². The van der Waals surface area contributed by atoms with Crippen LogP contribution in [0, 0.1) is 11.3 Å². The quantitative estimate of drug-likeness (QED) is 0.752. The smallest absolute Gasteiger partial charge is 0.329 e. The summed E-state index contributed by atoms with van der Waals surface area (Å²) in [6.45, 7) is 0. The maximum atomic E-state index is 12.9. The van der Waals surface area contributed by atoms with E-state index in [1.807, 2.05) is 0 Å². The van der Waals surface area contributed by atoms with Crippen LogP contribution in [0.1, 0.15) is 54.4 Å². The fourth-order valence-electron chi connectivity index (χ4n) is 3.72. The second-order valence-corrected chi connectivity index (χ2v) is 7.23. The zero-order chi connectivity index (χ0) is 20.9. The number of ether oxygens (including phenoxy) is 1. The van der Waals surface area contributed by atoms with Gasteiger partial charge in [-0.3, -0.25) is 4.79 Å². The lowest BCUT2D eigenvalue weighted by atomic mass is 9.89. The van der Waals surface area contributed by atoms with Crippen LogP contribution in [0.5, 0.6) is 5.88 Å². The van der Waals surface area contributed by atoms with Gasteiger partial charge in [-0.2, -0.15) is 5.26 Å². The molecule has 7 nitrogen and oxygen atoms in total. The first-order valence-electron chi connectivity index (χ1n) is 9.59. The van der Waals surface area contributed by atoms with E-state index in [2.05, 4.69) is 16.4 Å². The lowest BCUT2D eigenvalue weighted by Gasteiger charge is -2.29. The van der Waals surface area contributed by atoms with Crippen molar-refractivity contribution < 1.29 is 19.4 Å². The third kappa shape index (κ3) is 4.37. The molecule has 1 heterocycles. The zero-order valence-electron chi connectivity index (χ0n) is 16.3. The molecule has 1 aromatic heterocycles. The van der Waals surface area contributed by atoms with Crippen LogP contribution < -0.4 is 10.1 Å². The summed E-state index contributed by atoms with van der Waals surface area (Å²) >= 11 is 0. The predicted octanol–water partition coefficient (Wildman–Crippen LogP) is 3.54. The van der Waals surface area contributed by atoms with Crippen molar-refractivity contribution in [3.63, 3.8) is 0 Å². The fourth-order valence-corrected chi connectivity index (χ4v) is 3.72. The molecule has 0 atom stereocenters. The molecule has 1 aliphatic carbocycles. The van der Waals surface area contributed by atoms with Crippen LogP contribution in [-0.4, -0.2) is 34.6 Å². The van der Waals surface area contributed by atoms with Crippen LogP contribution in [0.2, 0.25) is 0 Å². The van der Waals surface area contributed by atoms with Gasteiger partial charge >= 0.3 is 5.97 Å². The van der Waals surface area contributed by atoms with Crippen molar-refractivity contribution in [2.24, 2.45) is 0 Å². The van der Waals surface area contributed by atoms with E-state index in [-0.39, 0.29) is 5.56 Å². The molecule has 150 valence electrons. The summed E-state index contributed by atoms with van der Waals surface area (Å²) in [6.07, 6.45) is 5.66. The Kier molecular flexibility index (Phi) is 6.13. The van der Waals surface area contributed by atoms with Crippen LogP contribution >= 0.6 is 0 Å². The van der Waals surface area contributed by atoms with E-state index in [1.54, 1.807) is 30.3 Å². The maximum absolute atomic E-state index is 12.9. The highest BCUT2D eigenvalue weighted by Gasteiger charge is 2.40. The number of carbonyl (C=O) groups is 2. The first-order chi connectivity index (χ1) is 14.0. The van der Waals surface area contributed by atoms with Crippen molar-refractivity contribution in [2.75, 3.05) is 7.11 Å². The van der Waals surface area contributed by atoms with Gasteiger partial charge in [0.05, 0.1) is 24.3 Å². The maximum Gasteiger partial charge on any atom is 0.329 e. The molecular weight excluding hydrogens is 370 g/mol. The topological polar surface area (TPSA) is 112 Å². The number of carbonyl (C=O) groups excluding carboxylic acids is 1. The molecular formula is C22H23N3O4. The minimum absolute atomic E-state index is 0.244. The first-order valence-corrected chi connectivity index (χ1v) is 9.59. The zero-order valence-corrected chi connectivity index (χ0v) is 16.3. The Morgan fingerprint density at radius 1 is 1.21 bits per heavy atom. The van der Waals surface area contributed by atoms with Crippen molar-refractivity contribution in [2.45, 2.75) is 44.1 Å². The van der Waals surface area contributed by atoms with Crippen LogP contribution in [-0.2, 0) is 4.79 Å². The largest absolute Gasteiger partial charge is 0.481 e. The third-order valence-corrected chi connectivity index (χ3v) is 5.33. The summed E-state index contributed by atoms with van der Waals surface area (Å²) in [4.78, 5) is 29.1. The summed E-state index contributed by atoms with van der Waals surface area (Å²) < 4.78 is 5.31. The Balaban J connectivity index is 1.95. The van der Waals surface area contributed by atoms with Gasteiger partial charge in [-0.05, 0) is 36.6 Å². The number of methoxy groups -OCH3 is 1. The molecule has 29 heavy (non-hydrogen) atoms. The summed E-state index contributed by atoms with van der Waals surface area (Å²) in [5.41, 5.74) is 0.706. The number of pyridine rings is 1. The first kappa shape index (κ1) is 20.3. The molecule has 2 aromatic rings. The number of rotatable bonds is 5. The van der Waals surface area contributed by atoms with Gasteiger partial charge in [-0.1, -0.05) is 37.8 Å². The number of nitrogens with zero attached hydrogens (tertiary/aromatic N) is 2. The minimum Gasteiger partial charge on any atom is -0.481 e. The Bertz CT molecular complexity index is 957. The average Bonchev–Trinajstić information content (AvgIpc) is 2.99. The van der Waals surface area contributed by atoms with Gasteiger partial charge in [0.15, 0.2) is 0 Å². The lowest BCUT2D eigenvalue weighted by Crippen LogP contribution is -2.54. The van der Waals surface area contributed by atoms with Crippen LogP contribution in [0.4, 0.5) is 0 Å². The van der Waals surface area contributed by atoms with Gasteiger partial charge in [0.25, 0.3) is 5.91 Å². The molecule has 0 radical (unpaired) electrons. The Labute approximate surface area is 169 Å². The molecule has 0 saturated heterocycles. The van der Waals surface area contributed by atoms with Crippen molar-refractivity contribution >= 4 is 11.9 Å². The molecule has 1 aromatic carbocycles. The number of amides is 1. The fraction of sp³-hybridized carbons (Fsp3) is 0.364. The van der Waals surface area contributed by atoms with Gasteiger partial charge in [0, 0.05) is 11.8 Å². The SMILES string of the molecule is COc1ncc(C(=O)NC2(C(=O)O)CCCCCC2)cc1-c1cccc(C#N)c1. The number of hydrogen-bond acceptors (Lipinski definition) is 5. The summed E-state index contributed by atoms with van der Waals surface area (Å²) in [5.74, 6) is -1.17. The Hall–Kier alpha value is -3.40. The van der Waals surface area contributed by atoms with Crippen LogP contribution in [0.3, 0.4) is 0 Å². The molecule has 0 unspecified atom stereocenters. The van der Waals surface area contributed by atoms with E-state index in [0.717, 1.165) is 25.7 Å². The number of aliphatic carboxylic acids is 1. The summed E-state index contributed by atoms with van der Waals surface area (Å²) in [7, 11) is 1.48. The number of aromatic nitrogens is 1. The molecule has 3 rings (SSSR count). The van der Waals surface area contributed by atoms with E-state index >= 15 is 0 Å². The standard InChI is InChI=1S/C22H23N3O4/c1-29-20-18(16-8-6-7-15(11-16)13-23)12-17(14-24-20)19(26)25-22(21(27)28)9-4-2-3-5-10-22/h6-8,11-12,14H,2-5,9-10H2,1H3,(H,25,26)(H,27,28). The normalized spacial score (nSPS) is 15.6. The second-order valence-electron chi connectivity index (χ2n) is 7.23. The van der Waals surface area contributed by atoms with Crippen LogP contribution in [0.25, 0.3) is 11.1 Å². The lowest BCUT2D eigenvalue weighted by molar-refractivity contribution is -0.145. The molecule has 0 aliphatic heterocycles. The monoisotopic (exact) mass is 393 g/mol.